The number of aromatic carboxylic acids is 1. The van der Waals surface area contributed by atoms with Crippen molar-refractivity contribution in [2.24, 2.45) is 5.92 Å². The molecule has 0 radical (unpaired) electrons. The van der Waals surface area contributed by atoms with Crippen LogP contribution in [0.5, 0.6) is 0 Å². The number of carboxylic acid groups (broad SMARTS) is 1. The van der Waals surface area contributed by atoms with Crippen molar-refractivity contribution in [2.45, 2.75) is 20.3 Å². The summed E-state index contributed by atoms with van der Waals surface area (Å²) in [5.74, 6) is -0.544. The minimum absolute atomic E-state index is 0.0546. The van der Waals surface area contributed by atoms with Gasteiger partial charge in [0.05, 0.1) is 0 Å². The number of aromatic nitrogens is 1. The van der Waals surface area contributed by atoms with Crippen molar-refractivity contribution in [3.05, 3.63) is 12.0 Å². The predicted molar refractivity (Wildman–Crippen MR) is 56.2 cm³/mol. The first-order valence-corrected chi connectivity index (χ1v) is 4.94. The zero-order valence-electron chi connectivity index (χ0n) is 9.23. The van der Waals surface area contributed by atoms with E-state index >= 15 is 0 Å². The first-order chi connectivity index (χ1) is 7.04. The van der Waals surface area contributed by atoms with E-state index in [1.165, 1.54) is 0 Å². The SMILES string of the molecule is CCC(C)CN(C)c1nc(C(=O)O)co1. The van der Waals surface area contributed by atoms with Gasteiger partial charge in [-0.3, -0.25) is 0 Å². The molecule has 0 aliphatic carbocycles. The fourth-order valence-corrected chi connectivity index (χ4v) is 1.21. The van der Waals surface area contributed by atoms with Gasteiger partial charge in [-0.15, -0.1) is 0 Å². The highest BCUT2D eigenvalue weighted by molar-refractivity contribution is 5.85. The number of hydrogen-bond acceptors (Lipinski definition) is 4. The molecule has 1 heterocycles. The van der Waals surface area contributed by atoms with Gasteiger partial charge in [0.2, 0.25) is 0 Å². The molecular formula is C10H16N2O3. The van der Waals surface area contributed by atoms with Gasteiger partial charge in [-0.2, -0.15) is 4.98 Å². The Morgan fingerprint density at radius 2 is 2.40 bits per heavy atom. The molecule has 0 saturated heterocycles. The van der Waals surface area contributed by atoms with Gasteiger partial charge >= 0.3 is 5.97 Å². The minimum atomic E-state index is -1.07. The number of hydrogen-bond donors (Lipinski definition) is 1. The van der Waals surface area contributed by atoms with Crippen LogP contribution in [-0.4, -0.2) is 29.7 Å². The molecule has 0 aromatic carbocycles. The molecule has 0 aliphatic heterocycles. The molecular weight excluding hydrogens is 196 g/mol. The average molecular weight is 212 g/mol. The van der Waals surface area contributed by atoms with Gasteiger partial charge in [-0.05, 0) is 5.92 Å². The van der Waals surface area contributed by atoms with Crippen LogP contribution in [0.15, 0.2) is 10.7 Å². The Morgan fingerprint density at radius 1 is 1.73 bits per heavy atom. The zero-order valence-corrected chi connectivity index (χ0v) is 9.23. The van der Waals surface area contributed by atoms with Gasteiger partial charge in [0, 0.05) is 13.6 Å². The lowest BCUT2D eigenvalue weighted by Crippen LogP contribution is -2.23. The van der Waals surface area contributed by atoms with Crippen molar-refractivity contribution in [2.75, 3.05) is 18.5 Å². The van der Waals surface area contributed by atoms with E-state index in [-0.39, 0.29) is 5.69 Å². The summed E-state index contributed by atoms with van der Waals surface area (Å²) in [6.07, 6.45) is 2.22. The molecule has 15 heavy (non-hydrogen) atoms. The molecule has 0 aliphatic rings. The summed E-state index contributed by atoms with van der Waals surface area (Å²) in [6, 6.07) is 0.354. The Hall–Kier alpha value is -1.52. The van der Waals surface area contributed by atoms with E-state index in [0.717, 1.165) is 19.2 Å². The standard InChI is InChI=1S/C10H16N2O3/c1-4-7(2)5-12(3)10-11-8(6-15-10)9(13)14/h6-7H,4-5H2,1-3H3,(H,13,14). The zero-order chi connectivity index (χ0) is 11.4. The van der Waals surface area contributed by atoms with Crippen LogP contribution in [-0.2, 0) is 0 Å². The van der Waals surface area contributed by atoms with Crippen LogP contribution < -0.4 is 4.90 Å². The third kappa shape index (κ3) is 2.97. The van der Waals surface area contributed by atoms with E-state index in [0.29, 0.717) is 11.9 Å². The van der Waals surface area contributed by atoms with Gasteiger partial charge in [-0.1, -0.05) is 20.3 Å². The number of nitrogens with zero attached hydrogens (tertiary/aromatic N) is 2. The molecule has 0 amide bonds. The highest BCUT2D eigenvalue weighted by atomic mass is 16.4. The first kappa shape index (κ1) is 11.6. The topological polar surface area (TPSA) is 66.6 Å². The van der Waals surface area contributed by atoms with E-state index in [2.05, 4.69) is 18.8 Å². The normalized spacial score (nSPS) is 12.5. The second kappa shape index (κ2) is 4.82. The second-order valence-electron chi connectivity index (χ2n) is 3.71. The molecule has 1 atom stereocenters. The molecule has 84 valence electrons. The summed E-state index contributed by atoms with van der Waals surface area (Å²) in [5.41, 5.74) is -0.0546. The molecule has 1 rings (SSSR count). The highest BCUT2D eigenvalue weighted by Gasteiger charge is 2.14. The van der Waals surface area contributed by atoms with E-state index in [4.69, 9.17) is 9.52 Å². The van der Waals surface area contributed by atoms with Crippen molar-refractivity contribution < 1.29 is 14.3 Å². The Bertz CT molecular complexity index is 335. The molecule has 0 saturated carbocycles. The predicted octanol–water partition coefficient (Wildman–Crippen LogP) is 1.86. The molecule has 0 bridgehead atoms. The lowest BCUT2D eigenvalue weighted by atomic mass is 10.1. The molecule has 1 unspecified atom stereocenters. The monoisotopic (exact) mass is 212 g/mol. The van der Waals surface area contributed by atoms with Crippen LogP contribution in [0.3, 0.4) is 0 Å². The minimum Gasteiger partial charge on any atom is -0.476 e. The third-order valence-electron chi connectivity index (χ3n) is 2.32. The maximum Gasteiger partial charge on any atom is 0.357 e. The summed E-state index contributed by atoms with van der Waals surface area (Å²) in [6.45, 7) is 5.03. The first-order valence-electron chi connectivity index (χ1n) is 4.94. The van der Waals surface area contributed by atoms with Crippen LogP contribution in [0, 0.1) is 5.92 Å². The Labute approximate surface area is 88.7 Å². The lowest BCUT2D eigenvalue weighted by Gasteiger charge is -2.18. The average Bonchev–Trinajstić information content (AvgIpc) is 2.66. The molecule has 5 heteroatoms. The Kier molecular flexibility index (Phi) is 3.71. The number of carbonyl (C=O) groups is 1. The van der Waals surface area contributed by atoms with Crippen LogP contribution >= 0.6 is 0 Å². The molecule has 1 aromatic heterocycles. The van der Waals surface area contributed by atoms with Gasteiger partial charge in [0.15, 0.2) is 5.69 Å². The molecule has 1 N–H and O–H groups in total. The van der Waals surface area contributed by atoms with Crippen molar-refractivity contribution in [3.8, 4) is 0 Å². The number of carboxylic acids is 1. The Morgan fingerprint density at radius 3 is 2.87 bits per heavy atom. The van der Waals surface area contributed by atoms with E-state index in [1.54, 1.807) is 0 Å². The summed E-state index contributed by atoms with van der Waals surface area (Å²) < 4.78 is 5.07. The van der Waals surface area contributed by atoms with Crippen LogP contribution in [0.4, 0.5) is 6.01 Å². The maximum absolute atomic E-state index is 10.6. The maximum atomic E-state index is 10.6. The van der Waals surface area contributed by atoms with E-state index in [1.807, 2.05) is 11.9 Å². The van der Waals surface area contributed by atoms with Gasteiger partial charge in [0.25, 0.3) is 6.01 Å². The molecule has 1 aromatic rings. The van der Waals surface area contributed by atoms with Crippen LogP contribution in [0.2, 0.25) is 0 Å². The summed E-state index contributed by atoms with van der Waals surface area (Å²) in [5, 5.41) is 8.67. The number of rotatable bonds is 5. The van der Waals surface area contributed by atoms with Crippen molar-refractivity contribution in [1.29, 1.82) is 0 Å². The van der Waals surface area contributed by atoms with E-state index < -0.39 is 5.97 Å². The van der Waals surface area contributed by atoms with Gasteiger partial charge in [-0.25, -0.2) is 4.79 Å². The third-order valence-corrected chi connectivity index (χ3v) is 2.32. The molecule has 5 nitrogen and oxygen atoms in total. The number of oxazole rings is 1. The number of anilines is 1. The van der Waals surface area contributed by atoms with E-state index in [9.17, 15) is 4.79 Å². The summed E-state index contributed by atoms with van der Waals surface area (Å²) in [7, 11) is 1.84. The molecule has 0 fully saturated rings. The second-order valence-corrected chi connectivity index (χ2v) is 3.71. The fourth-order valence-electron chi connectivity index (χ4n) is 1.21. The van der Waals surface area contributed by atoms with Crippen LogP contribution in [0.1, 0.15) is 30.8 Å². The highest BCUT2D eigenvalue weighted by Crippen LogP contribution is 2.14. The van der Waals surface area contributed by atoms with Crippen molar-refractivity contribution in [1.82, 2.24) is 4.98 Å². The van der Waals surface area contributed by atoms with Crippen molar-refractivity contribution in [3.63, 3.8) is 0 Å². The van der Waals surface area contributed by atoms with Crippen molar-refractivity contribution >= 4 is 12.0 Å². The lowest BCUT2D eigenvalue weighted by molar-refractivity contribution is 0.0690. The van der Waals surface area contributed by atoms with Gasteiger partial charge < -0.3 is 14.4 Å². The summed E-state index contributed by atoms with van der Waals surface area (Å²) in [4.78, 5) is 16.3. The quantitative estimate of drug-likeness (QED) is 0.806. The molecule has 0 spiro atoms. The Balaban J connectivity index is 2.65. The van der Waals surface area contributed by atoms with Crippen LogP contribution in [0.25, 0.3) is 0 Å². The van der Waals surface area contributed by atoms with Gasteiger partial charge in [0.1, 0.15) is 6.26 Å². The largest absolute Gasteiger partial charge is 0.476 e. The fraction of sp³-hybridized carbons (Fsp3) is 0.600. The summed E-state index contributed by atoms with van der Waals surface area (Å²) >= 11 is 0. The smallest absolute Gasteiger partial charge is 0.357 e.